The average Bonchev–Trinajstić information content (AvgIpc) is 2.25. The summed E-state index contributed by atoms with van der Waals surface area (Å²) < 4.78 is 0. The van der Waals surface area contributed by atoms with Crippen LogP contribution >= 0.6 is 11.8 Å². The summed E-state index contributed by atoms with van der Waals surface area (Å²) in [6.07, 6.45) is 3.41. The molecule has 1 aromatic rings. The number of aromatic nitrogens is 2. The van der Waals surface area contributed by atoms with Gasteiger partial charge in [-0.2, -0.15) is 16.9 Å². The smallest absolute Gasteiger partial charge is 0.287 e. The molecule has 4 nitrogen and oxygen atoms in total. The van der Waals surface area contributed by atoms with Crippen molar-refractivity contribution >= 4 is 17.4 Å². The SMILES string of the molecule is Nc1cc(CC2CCSCC2)n[nH]c1=O. The number of thioether (sulfide) groups is 1. The van der Waals surface area contributed by atoms with Gasteiger partial charge < -0.3 is 5.73 Å². The molecule has 1 saturated heterocycles. The van der Waals surface area contributed by atoms with Gasteiger partial charge in [0.1, 0.15) is 5.69 Å². The van der Waals surface area contributed by atoms with Gasteiger partial charge in [0.05, 0.1) is 5.69 Å². The first-order valence-electron chi connectivity index (χ1n) is 5.17. The summed E-state index contributed by atoms with van der Waals surface area (Å²) in [6, 6.07) is 1.70. The van der Waals surface area contributed by atoms with E-state index in [1.165, 1.54) is 24.3 Å². The van der Waals surface area contributed by atoms with Gasteiger partial charge in [-0.25, -0.2) is 5.10 Å². The lowest BCUT2D eigenvalue weighted by Gasteiger charge is -2.20. The fourth-order valence-corrected chi connectivity index (χ4v) is 3.02. The van der Waals surface area contributed by atoms with Crippen LogP contribution in [0.15, 0.2) is 10.9 Å². The largest absolute Gasteiger partial charge is 0.394 e. The fraction of sp³-hybridized carbons (Fsp3) is 0.600. The molecular formula is C10H15N3OS. The van der Waals surface area contributed by atoms with E-state index < -0.39 is 0 Å². The van der Waals surface area contributed by atoms with Crippen LogP contribution in [0.1, 0.15) is 18.5 Å². The molecule has 0 atom stereocenters. The Morgan fingerprint density at radius 3 is 2.93 bits per heavy atom. The monoisotopic (exact) mass is 225 g/mol. The summed E-state index contributed by atoms with van der Waals surface area (Å²) in [5.74, 6) is 3.18. The Morgan fingerprint density at radius 1 is 1.53 bits per heavy atom. The second-order valence-corrected chi connectivity index (χ2v) is 5.13. The predicted octanol–water partition coefficient (Wildman–Crippen LogP) is 1.04. The number of nitrogen functional groups attached to an aromatic ring is 1. The van der Waals surface area contributed by atoms with Crippen molar-refractivity contribution in [1.82, 2.24) is 10.2 Å². The van der Waals surface area contributed by atoms with Gasteiger partial charge in [0.25, 0.3) is 5.56 Å². The number of rotatable bonds is 2. The minimum absolute atomic E-state index is 0.269. The van der Waals surface area contributed by atoms with Crippen molar-refractivity contribution in [2.45, 2.75) is 19.3 Å². The van der Waals surface area contributed by atoms with E-state index >= 15 is 0 Å². The van der Waals surface area contributed by atoms with Gasteiger partial charge in [-0.3, -0.25) is 4.79 Å². The van der Waals surface area contributed by atoms with E-state index in [0.717, 1.165) is 12.1 Å². The molecule has 0 aromatic carbocycles. The van der Waals surface area contributed by atoms with E-state index in [0.29, 0.717) is 5.92 Å². The number of anilines is 1. The van der Waals surface area contributed by atoms with E-state index in [-0.39, 0.29) is 11.2 Å². The van der Waals surface area contributed by atoms with E-state index in [1.807, 2.05) is 11.8 Å². The lowest BCUT2D eigenvalue weighted by Crippen LogP contribution is -2.18. The molecule has 3 N–H and O–H groups in total. The summed E-state index contributed by atoms with van der Waals surface area (Å²) in [4.78, 5) is 11.0. The third kappa shape index (κ3) is 2.75. The molecule has 1 fully saturated rings. The highest BCUT2D eigenvalue weighted by Crippen LogP contribution is 2.25. The first-order chi connectivity index (χ1) is 7.25. The van der Waals surface area contributed by atoms with E-state index in [1.54, 1.807) is 6.07 Å². The molecule has 0 amide bonds. The highest BCUT2D eigenvalue weighted by molar-refractivity contribution is 7.99. The van der Waals surface area contributed by atoms with Gasteiger partial charge in [0, 0.05) is 0 Å². The molecule has 0 aliphatic carbocycles. The van der Waals surface area contributed by atoms with Gasteiger partial charge in [-0.05, 0) is 42.8 Å². The van der Waals surface area contributed by atoms with Gasteiger partial charge >= 0.3 is 0 Å². The standard InChI is InChI=1S/C10H15N3OS/c11-9-6-8(12-13-10(9)14)5-7-1-3-15-4-2-7/h6-7H,1-5H2,(H2,11,12)(H,13,14). The van der Waals surface area contributed by atoms with Crippen LogP contribution in [-0.4, -0.2) is 21.7 Å². The van der Waals surface area contributed by atoms with Crippen LogP contribution in [0.3, 0.4) is 0 Å². The van der Waals surface area contributed by atoms with Crippen molar-refractivity contribution in [3.8, 4) is 0 Å². The van der Waals surface area contributed by atoms with Gasteiger partial charge in [-0.1, -0.05) is 0 Å². The Labute approximate surface area is 92.6 Å². The van der Waals surface area contributed by atoms with Crippen molar-refractivity contribution < 1.29 is 0 Å². The molecule has 15 heavy (non-hydrogen) atoms. The second-order valence-electron chi connectivity index (χ2n) is 3.90. The third-order valence-electron chi connectivity index (χ3n) is 2.72. The molecule has 2 heterocycles. The van der Waals surface area contributed by atoms with E-state index in [4.69, 9.17) is 5.73 Å². The highest BCUT2D eigenvalue weighted by atomic mass is 32.2. The normalized spacial score (nSPS) is 17.9. The first kappa shape index (κ1) is 10.5. The minimum Gasteiger partial charge on any atom is -0.394 e. The van der Waals surface area contributed by atoms with Crippen LogP contribution < -0.4 is 11.3 Å². The summed E-state index contributed by atoms with van der Waals surface area (Å²) in [5, 5.41) is 6.43. The number of aromatic amines is 1. The summed E-state index contributed by atoms with van der Waals surface area (Å²) in [7, 11) is 0. The van der Waals surface area contributed by atoms with Gasteiger partial charge in [-0.15, -0.1) is 0 Å². The highest BCUT2D eigenvalue weighted by Gasteiger charge is 2.15. The second kappa shape index (κ2) is 4.70. The first-order valence-corrected chi connectivity index (χ1v) is 6.33. The van der Waals surface area contributed by atoms with Crippen LogP contribution in [0.25, 0.3) is 0 Å². The summed E-state index contributed by atoms with van der Waals surface area (Å²) in [6.45, 7) is 0. The Morgan fingerprint density at radius 2 is 2.27 bits per heavy atom. The molecule has 5 heteroatoms. The Hall–Kier alpha value is -0.970. The molecule has 0 radical (unpaired) electrons. The molecule has 1 aliphatic rings. The van der Waals surface area contributed by atoms with Crippen LogP contribution in [0.2, 0.25) is 0 Å². The lowest BCUT2D eigenvalue weighted by atomic mass is 9.97. The molecule has 0 saturated carbocycles. The van der Waals surface area contributed by atoms with Crippen molar-refractivity contribution in [3.05, 3.63) is 22.1 Å². The van der Waals surface area contributed by atoms with Crippen LogP contribution in [0, 0.1) is 5.92 Å². The fourth-order valence-electron chi connectivity index (χ4n) is 1.82. The maximum Gasteiger partial charge on any atom is 0.287 e. The van der Waals surface area contributed by atoms with Gasteiger partial charge in [0.15, 0.2) is 0 Å². The van der Waals surface area contributed by atoms with Crippen molar-refractivity contribution in [3.63, 3.8) is 0 Å². The maximum absolute atomic E-state index is 11.0. The lowest BCUT2D eigenvalue weighted by molar-refractivity contribution is 0.480. The predicted molar refractivity (Wildman–Crippen MR) is 63.0 cm³/mol. The van der Waals surface area contributed by atoms with Crippen LogP contribution in [0.4, 0.5) is 5.69 Å². The summed E-state index contributed by atoms with van der Waals surface area (Å²) in [5.41, 5.74) is 6.42. The number of nitrogens with two attached hydrogens (primary N) is 1. The molecule has 1 aliphatic heterocycles. The number of nitrogens with one attached hydrogen (secondary N) is 1. The Bertz CT molecular complexity index is 384. The Kier molecular flexibility index (Phi) is 3.30. The Balaban J connectivity index is 2.03. The maximum atomic E-state index is 11.0. The molecule has 0 bridgehead atoms. The molecule has 82 valence electrons. The number of nitrogens with zero attached hydrogens (tertiary/aromatic N) is 1. The average molecular weight is 225 g/mol. The number of hydrogen-bond acceptors (Lipinski definition) is 4. The van der Waals surface area contributed by atoms with Crippen LogP contribution in [-0.2, 0) is 6.42 Å². The summed E-state index contributed by atoms with van der Waals surface area (Å²) >= 11 is 2.01. The third-order valence-corrected chi connectivity index (χ3v) is 3.77. The minimum atomic E-state index is -0.294. The van der Waals surface area contributed by atoms with Crippen molar-refractivity contribution in [2.24, 2.45) is 5.92 Å². The number of hydrogen-bond donors (Lipinski definition) is 2. The number of H-pyrrole nitrogens is 1. The van der Waals surface area contributed by atoms with Crippen molar-refractivity contribution in [2.75, 3.05) is 17.2 Å². The zero-order valence-corrected chi connectivity index (χ0v) is 9.35. The molecule has 1 aromatic heterocycles. The van der Waals surface area contributed by atoms with E-state index in [9.17, 15) is 4.79 Å². The van der Waals surface area contributed by atoms with Gasteiger partial charge in [0.2, 0.25) is 0 Å². The quantitative estimate of drug-likeness (QED) is 0.788. The molecular weight excluding hydrogens is 210 g/mol. The molecule has 0 spiro atoms. The topological polar surface area (TPSA) is 71.8 Å². The van der Waals surface area contributed by atoms with Crippen LogP contribution in [0.5, 0.6) is 0 Å². The molecule has 0 unspecified atom stereocenters. The molecule has 2 rings (SSSR count). The van der Waals surface area contributed by atoms with Crippen molar-refractivity contribution in [1.29, 1.82) is 0 Å². The zero-order chi connectivity index (χ0) is 10.7. The van der Waals surface area contributed by atoms with E-state index in [2.05, 4.69) is 10.2 Å². The zero-order valence-electron chi connectivity index (χ0n) is 8.53.